The van der Waals surface area contributed by atoms with Crippen molar-refractivity contribution in [1.82, 2.24) is 9.88 Å². The summed E-state index contributed by atoms with van der Waals surface area (Å²) in [5.41, 5.74) is 4.86. The second-order valence-corrected chi connectivity index (χ2v) is 9.95. The molecule has 0 spiro atoms. The van der Waals surface area contributed by atoms with Crippen molar-refractivity contribution in [2.75, 3.05) is 7.11 Å². The van der Waals surface area contributed by atoms with Crippen molar-refractivity contribution in [1.29, 1.82) is 0 Å². The van der Waals surface area contributed by atoms with Gasteiger partial charge in [0.1, 0.15) is 0 Å². The number of fused-ring (bicyclic) bond motifs is 1. The third-order valence-electron chi connectivity index (χ3n) is 6.98. The number of methoxy groups -OCH3 is 1. The van der Waals surface area contributed by atoms with E-state index in [0.29, 0.717) is 12.8 Å². The number of amides is 1. The number of nitrogens with one attached hydrogen (secondary N) is 1. The fraction of sp³-hybridized carbons (Fsp3) is 0.294. The van der Waals surface area contributed by atoms with Gasteiger partial charge in [-0.05, 0) is 48.4 Å². The molecular formula is C34H38N2O3. The van der Waals surface area contributed by atoms with Gasteiger partial charge in [0.2, 0.25) is 5.91 Å². The van der Waals surface area contributed by atoms with E-state index in [4.69, 9.17) is 4.74 Å². The van der Waals surface area contributed by atoms with Crippen LogP contribution in [-0.4, -0.2) is 29.6 Å². The topological polar surface area (TPSA) is 60.3 Å². The van der Waals surface area contributed by atoms with Gasteiger partial charge in [-0.1, -0.05) is 97.8 Å². The Labute approximate surface area is 231 Å². The lowest BCUT2D eigenvalue weighted by atomic mass is 10.0. The van der Waals surface area contributed by atoms with Crippen LogP contribution in [0.3, 0.4) is 0 Å². The van der Waals surface area contributed by atoms with Crippen LogP contribution >= 0.6 is 0 Å². The van der Waals surface area contributed by atoms with Crippen LogP contribution < -0.4 is 5.32 Å². The van der Waals surface area contributed by atoms with Crippen LogP contribution in [0, 0.1) is 0 Å². The molecule has 39 heavy (non-hydrogen) atoms. The Hall–Kier alpha value is -4.12. The lowest BCUT2D eigenvalue weighted by Gasteiger charge is -2.15. The van der Waals surface area contributed by atoms with E-state index < -0.39 is 5.97 Å². The van der Waals surface area contributed by atoms with Crippen LogP contribution in [-0.2, 0) is 33.7 Å². The van der Waals surface area contributed by atoms with Crippen LogP contribution in [0.4, 0.5) is 0 Å². The standard InChI is InChI=1S/C34H38N2O3/c1-39-34(38)23-22-30(35-33(37)21-11-3-2-6-14-27-15-7-4-8-16-27)24-29-26-36(25-28-17-9-5-10-18-28)32-20-13-12-19-31(29)32/h4-5,7-10,12-13,15-20,22-23,26,30H,2-3,6,11,14,21,24-25H2,1H3,(H,35,37). The average Bonchev–Trinajstić information content (AvgIpc) is 3.31. The number of esters is 1. The third kappa shape index (κ3) is 8.71. The first-order valence-electron chi connectivity index (χ1n) is 13.8. The Morgan fingerprint density at radius 2 is 1.51 bits per heavy atom. The lowest BCUT2D eigenvalue weighted by molar-refractivity contribution is -0.135. The predicted molar refractivity (Wildman–Crippen MR) is 158 cm³/mol. The number of para-hydroxylation sites is 1. The maximum Gasteiger partial charge on any atom is 0.330 e. The van der Waals surface area contributed by atoms with E-state index in [1.54, 1.807) is 6.08 Å². The van der Waals surface area contributed by atoms with E-state index in [-0.39, 0.29) is 11.9 Å². The Bertz CT molecular complexity index is 1360. The highest BCUT2D eigenvalue weighted by atomic mass is 16.5. The summed E-state index contributed by atoms with van der Waals surface area (Å²) in [6, 6.07) is 28.9. The van der Waals surface area contributed by atoms with Gasteiger partial charge < -0.3 is 14.6 Å². The molecule has 0 fully saturated rings. The molecule has 1 amide bonds. The first kappa shape index (κ1) is 27.9. The lowest BCUT2D eigenvalue weighted by Crippen LogP contribution is -2.35. The third-order valence-corrected chi connectivity index (χ3v) is 6.98. The number of hydrogen-bond donors (Lipinski definition) is 1. The molecular weight excluding hydrogens is 484 g/mol. The summed E-state index contributed by atoms with van der Waals surface area (Å²) in [7, 11) is 1.36. The number of benzene rings is 3. The average molecular weight is 523 g/mol. The maximum absolute atomic E-state index is 12.9. The number of aryl methyl sites for hydroxylation is 1. The van der Waals surface area contributed by atoms with Crippen molar-refractivity contribution in [3.05, 3.63) is 120 Å². The van der Waals surface area contributed by atoms with E-state index in [2.05, 4.69) is 64.6 Å². The Balaban J connectivity index is 1.37. The number of ether oxygens (including phenoxy) is 1. The Morgan fingerprint density at radius 3 is 2.26 bits per heavy atom. The summed E-state index contributed by atoms with van der Waals surface area (Å²) in [4.78, 5) is 24.7. The Kier molecular flexibility index (Phi) is 10.5. The fourth-order valence-electron chi connectivity index (χ4n) is 4.96. The summed E-state index contributed by atoms with van der Waals surface area (Å²) in [5, 5.41) is 4.29. The molecule has 3 aromatic carbocycles. The molecule has 0 aliphatic rings. The van der Waals surface area contributed by atoms with Crippen molar-refractivity contribution in [3.63, 3.8) is 0 Å². The summed E-state index contributed by atoms with van der Waals surface area (Å²) in [6.45, 7) is 0.765. The van der Waals surface area contributed by atoms with Gasteiger partial charge in [0, 0.05) is 36.1 Å². The van der Waals surface area contributed by atoms with Crippen molar-refractivity contribution in [2.24, 2.45) is 0 Å². The van der Waals surface area contributed by atoms with Crippen molar-refractivity contribution >= 4 is 22.8 Å². The smallest absolute Gasteiger partial charge is 0.330 e. The number of carbonyl (C=O) groups excluding carboxylic acids is 2. The zero-order chi connectivity index (χ0) is 27.3. The van der Waals surface area contributed by atoms with Gasteiger partial charge in [-0.25, -0.2) is 4.79 Å². The monoisotopic (exact) mass is 522 g/mol. The molecule has 0 saturated carbocycles. The van der Waals surface area contributed by atoms with E-state index in [1.165, 1.54) is 24.3 Å². The molecule has 0 aliphatic carbocycles. The highest BCUT2D eigenvalue weighted by molar-refractivity contribution is 5.85. The summed E-state index contributed by atoms with van der Waals surface area (Å²) >= 11 is 0. The summed E-state index contributed by atoms with van der Waals surface area (Å²) < 4.78 is 7.04. The van der Waals surface area contributed by atoms with Crippen LogP contribution in [0.15, 0.2) is 103 Å². The second-order valence-electron chi connectivity index (χ2n) is 9.95. The first-order chi connectivity index (χ1) is 19.1. The van der Waals surface area contributed by atoms with Gasteiger partial charge in [0.15, 0.2) is 0 Å². The van der Waals surface area contributed by atoms with Gasteiger partial charge in [-0.15, -0.1) is 0 Å². The zero-order valence-electron chi connectivity index (χ0n) is 22.7. The number of hydrogen-bond acceptors (Lipinski definition) is 3. The number of rotatable bonds is 14. The summed E-state index contributed by atoms with van der Waals surface area (Å²) in [5.74, 6) is -0.426. The molecule has 1 aromatic heterocycles. The SMILES string of the molecule is COC(=O)C=CC(Cc1cn(Cc2ccccc2)c2ccccc12)NC(=O)CCCCCCc1ccccc1. The van der Waals surface area contributed by atoms with Crippen molar-refractivity contribution < 1.29 is 14.3 Å². The molecule has 0 aliphatic heterocycles. The van der Waals surface area contributed by atoms with Crippen LogP contribution in [0.1, 0.15) is 48.8 Å². The van der Waals surface area contributed by atoms with E-state index in [1.807, 2.05) is 36.4 Å². The number of carbonyl (C=O) groups is 2. The highest BCUT2D eigenvalue weighted by Gasteiger charge is 2.16. The number of aromatic nitrogens is 1. The molecule has 1 N–H and O–H groups in total. The molecule has 1 heterocycles. The molecule has 0 radical (unpaired) electrons. The number of unbranched alkanes of at least 4 members (excludes halogenated alkanes) is 3. The molecule has 4 rings (SSSR count). The molecule has 202 valence electrons. The van der Waals surface area contributed by atoms with Gasteiger partial charge in [0.25, 0.3) is 0 Å². The van der Waals surface area contributed by atoms with E-state index >= 15 is 0 Å². The quantitative estimate of drug-likeness (QED) is 0.115. The van der Waals surface area contributed by atoms with Crippen molar-refractivity contribution in [3.8, 4) is 0 Å². The highest BCUT2D eigenvalue weighted by Crippen LogP contribution is 2.24. The Morgan fingerprint density at radius 1 is 0.846 bits per heavy atom. The predicted octanol–water partition coefficient (Wildman–Crippen LogP) is 6.64. The van der Waals surface area contributed by atoms with Crippen molar-refractivity contribution in [2.45, 2.75) is 57.5 Å². The van der Waals surface area contributed by atoms with Crippen LogP contribution in [0.2, 0.25) is 0 Å². The van der Waals surface area contributed by atoms with E-state index in [0.717, 1.165) is 55.1 Å². The maximum atomic E-state index is 12.9. The first-order valence-corrected chi connectivity index (χ1v) is 13.8. The van der Waals surface area contributed by atoms with Crippen LogP contribution in [0.5, 0.6) is 0 Å². The zero-order valence-corrected chi connectivity index (χ0v) is 22.7. The molecule has 0 bridgehead atoms. The second kappa shape index (κ2) is 14.7. The molecule has 4 aromatic rings. The van der Waals surface area contributed by atoms with Gasteiger partial charge in [-0.3, -0.25) is 4.79 Å². The van der Waals surface area contributed by atoms with E-state index in [9.17, 15) is 9.59 Å². The minimum Gasteiger partial charge on any atom is -0.466 e. The van der Waals surface area contributed by atoms with Gasteiger partial charge in [0.05, 0.1) is 13.2 Å². The number of nitrogens with zero attached hydrogens (tertiary/aromatic N) is 1. The molecule has 0 saturated heterocycles. The fourth-order valence-corrected chi connectivity index (χ4v) is 4.96. The summed E-state index contributed by atoms with van der Waals surface area (Å²) in [6.07, 6.45) is 11.5. The molecule has 5 nitrogen and oxygen atoms in total. The molecule has 1 unspecified atom stereocenters. The molecule has 1 atom stereocenters. The van der Waals surface area contributed by atoms with Gasteiger partial charge >= 0.3 is 5.97 Å². The largest absolute Gasteiger partial charge is 0.466 e. The normalized spacial score (nSPS) is 12.0. The minimum absolute atomic E-state index is 0.00518. The van der Waals surface area contributed by atoms with Gasteiger partial charge in [-0.2, -0.15) is 0 Å². The minimum atomic E-state index is -0.431. The van der Waals surface area contributed by atoms with Crippen LogP contribution in [0.25, 0.3) is 10.9 Å². The molecule has 5 heteroatoms.